The van der Waals surface area contributed by atoms with Gasteiger partial charge in [-0.3, -0.25) is 5.32 Å². The van der Waals surface area contributed by atoms with Crippen LogP contribution >= 0.6 is 11.3 Å². The topological polar surface area (TPSA) is 51.2 Å². The second-order valence-electron chi connectivity index (χ2n) is 2.82. The summed E-state index contributed by atoms with van der Waals surface area (Å²) in [5, 5.41) is 4.94. The molecule has 5 heteroatoms. The summed E-state index contributed by atoms with van der Waals surface area (Å²) in [6.45, 7) is 2.82. The second-order valence-corrected chi connectivity index (χ2v) is 3.54. The van der Waals surface area contributed by atoms with Crippen LogP contribution in [0.2, 0.25) is 0 Å². The molecule has 1 heterocycles. The number of nitrogens with one attached hydrogen (secondary N) is 1. The van der Waals surface area contributed by atoms with Crippen molar-refractivity contribution in [1.29, 1.82) is 0 Å². The predicted octanol–water partition coefficient (Wildman–Crippen LogP) is 1.36. The molecule has 78 valence electrons. The van der Waals surface area contributed by atoms with Gasteiger partial charge in [0.25, 0.3) is 0 Å². The minimum absolute atomic E-state index is 0.288. The molecule has 0 aromatic carbocycles. The number of carbonyl (C=O) groups excluding carboxylic acids is 1. The van der Waals surface area contributed by atoms with Crippen LogP contribution in [-0.2, 0) is 9.53 Å². The van der Waals surface area contributed by atoms with Crippen molar-refractivity contribution in [2.75, 3.05) is 13.7 Å². The highest BCUT2D eigenvalue weighted by molar-refractivity contribution is 7.07. The van der Waals surface area contributed by atoms with Crippen LogP contribution in [0.4, 0.5) is 0 Å². The van der Waals surface area contributed by atoms with Gasteiger partial charge in [0.05, 0.1) is 18.3 Å². The zero-order valence-electron chi connectivity index (χ0n) is 8.32. The van der Waals surface area contributed by atoms with Crippen LogP contribution in [0.25, 0.3) is 0 Å². The molecule has 0 saturated carbocycles. The lowest BCUT2D eigenvalue weighted by Gasteiger charge is -2.13. The van der Waals surface area contributed by atoms with Gasteiger partial charge in [0.2, 0.25) is 0 Å². The molecule has 0 radical (unpaired) electrons. The van der Waals surface area contributed by atoms with Crippen molar-refractivity contribution in [2.24, 2.45) is 0 Å². The highest BCUT2D eigenvalue weighted by atomic mass is 32.1. The maximum atomic E-state index is 11.4. The Labute approximate surface area is 87.3 Å². The Morgan fingerprint density at radius 1 is 1.79 bits per heavy atom. The molecule has 1 atom stereocenters. The van der Waals surface area contributed by atoms with Gasteiger partial charge < -0.3 is 4.74 Å². The number of hydrogen-bond donors (Lipinski definition) is 1. The third kappa shape index (κ3) is 2.78. The van der Waals surface area contributed by atoms with Gasteiger partial charge in [-0.1, -0.05) is 6.92 Å². The Morgan fingerprint density at radius 2 is 2.57 bits per heavy atom. The fourth-order valence-corrected chi connectivity index (χ4v) is 1.66. The summed E-state index contributed by atoms with van der Waals surface area (Å²) in [7, 11) is 1.38. The maximum absolute atomic E-state index is 11.4. The van der Waals surface area contributed by atoms with Crippen LogP contribution < -0.4 is 5.32 Å². The first kappa shape index (κ1) is 11.1. The van der Waals surface area contributed by atoms with Crippen LogP contribution in [0, 0.1) is 0 Å². The van der Waals surface area contributed by atoms with Crippen molar-refractivity contribution in [3.63, 3.8) is 0 Å². The minimum atomic E-state index is -0.425. The number of hydrogen-bond acceptors (Lipinski definition) is 5. The van der Waals surface area contributed by atoms with Crippen molar-refractivity contribution in [1.82, 2.24) is 10.3 Å². The van der Waals surface area contributed by atoms with E-state index in [1.54, 1.807) is 5.51 Å². The fourth-order valence-electron chi connectivity index (χ4n) is 1.08. The Kier molecular flexibility index (Phi) is 4.55. The first-order valence-corrected chi connectivity index (χ1v) is 5.43. The first-order valence-electron chi connectivity index (χ1n) is 4.49. The second kappa shape index (κ2) is 5.72. The molecule has 0 bridgehead atoms. The third-order valence-corrected chi connectivity index (χ3v) is 2.39. The Hall–Kier alpha value is -0.940. The Morgan fingerprint density at radius 3 is 3.07 bits per heavy atom. The van der Waals surface area contributed by atoms with Gasteiger partial charge in [0.1, 0.15) is 6.04 Å². The minimum Gasteiger partial charge on any atom is -0.468 e. The van der Waals surface area contributed by atoms with E-state index < -0.39 is 6.04 Å². The van der Waals surface area contributed by atoms with Crippen molar-refractivity contribution in [3.05, 3.63) is 16.6 Å². The molecular formula is C9H14N2O2S. The molecule has 0 aliphatic heterocycles. The Bertz CT molecular complexity index is 274. The standard InChI is InChI=1S/C9H14N2O2S/c1-3-4-10-8(9(12)13-2)7-5-14-6-11-7/h5-6,8,10H,3-4H2,1-2H3. The molecular weight excluding hydrogens is 200 g/mol. The van der Waals surface area contributed by atoms with Crippen molar-refractivity contribution < 1.29 is 9.53 Å². The molecule has 0 spiro atoms. The van der Waals surface area contributed by atoms with Gasteiger partial charge in [-0.15, -0.1) is 11.3 Å². The average Bonchev–Trinajstić information content (AvgIpc) is 2.71. The van der Waals surface area contributed by atoms with Gasteiger partial charge in [0, 0.05) is 5.38 Å². The van der Waals surface area contributed by atoms with Gasteiger partial charge in [-0.25, -0.2) is 9.78 Å². The zero-order chi connectivity index (χ0) is 10.4. The molecule has 0 amide bonds. The molecule has 1 aromatic rings. The molecule has 0 aliphatic rings. The summed E-state index contributed by atoms with van der Waals surface area (Å²) in [5.74, 6) is -0.288. The molecule has 0 fully saturated rings. The lowest BCUT2D eigenvalue weighted by molar-refractivity contribution is -0.143. The van der Waals surface area contributed by atoms with E-state index in [9.17, 15) is 4.79 Å². The summed E-state index contributed by atoms with van der Waals surface area (Å²) in [4.78, 5) is 15.5. The number of esters is 1. The van der Waals surface area contributed by atoms with Crippen LogP contribution in [-0.4, -0.2) is 24.6 Å². The molecule has 0 saturated heterocycles. The van der Waals surface area contributed by atoms with E-state index in [4.69, 9.17) is 4.74 Å². The van der Waals surface area contributed by atoms with Crippen molar-refractivity contribution >= 4 is 17.3 Å². The number of thiazole rings is 1. The first-order chi connectivity index (χ1) is 6.79. The van der Waals surface area contributed by atoms with Crippen molar-refractivity contribution in [2.45, 2.75) is 19.4 Å². The number of methoxy groups -OCH3 is 1. The predicted molar refractivity (Wildman–Crippen MR) is 55.2 cm³/mol. The fraction of sp³-hybridized carbons (Fsp3) is 0.556. The smallest absolute Gasteiger partial charge is 0.329 e. The van der Waals surface area contributed by atoms with Crippen LogP contribution in [0.5, 0.6) is 0 Å². The van der Waals surface area contributed by atoms with Gasteiger partial charge in [0.15, 0.2) is 0 Å². The third-order valence-electron chi connectivity index (χ3n) is 1.78. The molecule has 1 unspecified atom stereocenters. The van der Waals surface area contributed by atoms with Crippen LogP contribution in [0.1, 0.15) is 25.1 Å². The molecule has 14 heavy (non-hydrogen) atoms. The van der Waals surface area contributed by atoms with E-state index in [2.05, 4.69) is 10.3 Å². The SMILES string of the molecule is CCCNC(C(=O)OC)c1cscn1. The van der Waals surface area contributed by atoms with Gasteiger partial charge in [-0.05, 0) is 13.0 Å². The molecule has 1 rings (SSSR count). The molecule has 1 N–H and O–H groups in total. The summed E-state index contributed by atoms with van der Waals surface area (Å²) in [6.07, 6.45) is 0.970. The summed E-state index contributed by atoms with van der Waals surface area (Å²) >= 11 is 1.47. The maximum Gasteiger partial charge on any atom is 0.329 e. The average molecular weight is 214 g/mol. The van der Waals surface area contributed by atoms with Crippen LogP contribution in [0.3, 0.4) is 0 Å². The van der Waals surface area contributed by atoms with E-state index in [1.165, 1.54) is 18.4 Å². The molecule has 4 nitrogen and oxygen atoms in total. The quantitative estimate of drug-likeness (QED) is 0.752. The Balaban J connectivity index is 2.67. The van der Waals surface area contributed by atoms with Gasteiger partial charge >= 0.3 is 5.97 Å². The van der Waals surface area contributed by atoms with Crippen LogP contribution in [0.15, 0.2) is 10.9 Å². The number of rotatable bonds is 5. The highest BCUT2D eigenvalue weighted by Crippen LogP contribution is 2.14. The lowest BCUT2D eigenvalue weighted by Crippen LogP contribution is -2.30. The van der Waals surface area contributed by atoms with Crippen molar-refractivity contribution in [3.8, 4) is 0 Å². The number of carbonyl (C=O) groups is 1. The number of ether oxygens (including phenoxy) is 1. The molecule has 0 aliphatic carbocycles. The van der Waals surface area contributed by atoms with E-state index in [1.807, 2.05) is 12.3 Å². The summed E-state index contributed by atoms with van der Waals surface area (Å²) in [5.41, 5.74) is 2.44. The number of aromatic nitrogens is 1. The van der Waals surface area contributed by atoms with E-state index in [0.29, 0.717) is 0 Å². The highest BCUT2D eigenvalue weighted by Gasteiger charge is 2.21. The van der Waals surface area contributed by atoms with E-state index >= 15 is 0 Å². The summed E-state index contributed by atoms with van der Waals surface area (Å²) < 4.78 is 4.70. The van der Waals surface area contributed by atoms with E-state index in [-0.39, 0.29) is 5.97 Å². The zero-order valence-corrected chi connectivity index (χ0v) is 9.13. The monoisotopic (exact) mass is 214 g/mol. The summed E-state index contributed by atoms with van der Waals surface area (Å²) in [6, 6.07) is -0.425. The lowest BCUT2D eigenvalue weighted by atomic mass is 10.2. The van der Waals surface area contributed by atoms with Gasteiger partial charge in [-0.2, -0.15) is 0 Å². The molecule has 1 aromatic heterocycles. The normalized spacial score (nSPS) is 12.4. The van der Waals surface area contributed by atoms with E-state index in [0.717, 1.165) is 18.7 Å². The number of nitrogens with zero attached hydrogens (tertiary/aromatic N) is 1. The largest absolute Gasteiger partial charge is 0.468 e.